The molecule has 0 radical (unpaired) electrons. The molecule has 68 valence electrons. The monoisotopic (exact) mass is 178 g/mol. The largest absolute Gasteiger partial charge is 0.330 e. The van der Waals surface area contributed by atoms with Crippen molar-refractivity contribution in [2.75, 3.05) is 26.2 Å². The van der Waals surface area contributed by atoms with Crippen LogP contribution in [0.4, 0.5) is 0 Å². The molecule has 11 heavy (non-hydrogen) atoms. The van der Waals surface area contributed by atoms with E-state index in [1.807, 2.05) is 0 Å². The van der Waals surface area contributed by atoms with Gasteiger partial charge in [-0.1, -0.05) is 6.42 Å². The van der Waals surface area contributed by atoms with Gasteiger partial charge < -0.3 is 10.6 Å². The number of nitrogens with two attached hydrogens (primary N) is 1. The van der Waals surface area contributed by atoms with E-state index in [9.17, 15) is 0 Å². The minimum absolute atomic E-state index is 0. The van der Waals surface area contributed by atoms with Crippen molar-refractivity contribution < 1.29 is 0 Å². The van der Waals surface area contributed by atoms with Gasteiger partial charge in [0.25, 0.3) is 0 Å². The minimum Gasteiger partial charge on any atom is -0.330 e. The molecule has 0 aromatic heterocycles. The molecule has 1 saturated heterocycles. The second-order valence-electron chi connectivity index (χ2n) is 3.04. The quantitative estimate of drug-likeness (QED) is 0.705. The van der Waals surface area contributed by atoms with Gasteiger partial charge in [0.1, 0.15) is 0 Å². The van der Waals surface area contributed by atoms with Crippen molar-refractivity contribution >= 4 is 12.4 Å². The Labute approximate surface area is 75.5 Å². The average molecular weight is 179 g/mol. The third kappa shape index (κ3) is 4.62. The minimum atomic E-state index is 0. The van der Waals surface area contributed by atoms with Gasteiger partial charge in [0.2, 0.25) is 0 Å². The third-order valence-electron chi connectivity index (χ3n) is 2.13. The molecule has 0 amide bonds. The van der Waals surface area contributed by atoms with Crippen molar-refractivity contribution in [3.8, 4) is 0 Å². The molecular weight excluding hydrogens is 160 g/mol. The topological polar surface area (TPSA) is 29.3 Å². The standard InChI is InChI=1S/C8H18N2.ClH/c9-5-4-8-10-6-2-1-3-7-10;/h1-9H2;1H. The lowest BCUT2D eigenvalue weighted by molar-refractivity contribution is 0.227. The summed E-state index contributed by atoms with van der Waals surface area (Å²) in [5.41, 5.74) is 5.42. The van der Waals surface area contributed by atoms with Gasteiger partial charge in [0.05, 0.1) is 0 Å². The van der Waals surface area contributed by atoms with Gasteiger partial charge in [0.15, 0.2) is 0 Å². The molecule has 1 rings (SSSR count). The summed E-state index contributed by atoms with van der Waals surface area (Å²) in [6.45, 7) is 4.67. The fourth-order valence-corrected chi connectivity index (χ4v) is 1.50. The fraction of sp³-hybridized carbons (Fsp3) is 1.00. The van der Waals surface area contributed by atoms with Crippen molar-refractivity contribution in [2.24, 2.45) is 5.73 Å². The summed E-state index contributed by atoms with van der Waals surface area (Å²) in [6.07, 6.45) is 5.38. The summed E-state index contributed by atoms with van der Waals surface area (Å²) in [7, 11) is 0. The molecular formula is C8H19ClN2. The summed E-state index contributed by atoms with van der Waals surface area (Å²) in [5.74, 6) is 0. The predicted molar refractivity (Wildman–Crippen MR) is 51.2 cm³/mol. The SMILES string of the molecule is Cl.NCCCN1CCCCC1. The molecule has 0 unspecified atom stereocenters. The zero-order valence-electron chi connectivity index (χ0n) is 7.09. The van der Waals surface area contributed by atoms with E-state index < -0.39 is 0 Å². The van der Waals surface area contributed by atoms with Crippen LogP contribution in [0.3, 0.4) is 0 Å². The van der Waals surface area contributed by atoms with E-state index in [4.69, 9.17) is 5.73 Å². The zero-order chi connectivity index (χ0) is 7.23. The number of halogens is 1. The molecule has 1 heterocycles. The number of piperidine rings is 1. The van der Waals surface area contributed by atoms with E-state index in [0.717, 1.165) is 6.54 Å². The van der Waals surface area contributed by atoms with Crippen LogP contribution in [-0.2, 0) is 0 Å². The van der Waals surface area contributed by atoms with E-state index in [-0.39, 0.29) is 12.4 Å². The van der Waals surface area contributed by atoms with Crippen molar-refractivity contribution in [1.29, 1.82) is 0 Å². The molecule has 3 heteroatoms. The molecule has 2 nitrogen and oxygen atoms in total. The molecule has 0 bridgehead atoms. The first-order valence-corrected chi connectivity index (χ1v) is 4.36. The maximum absolute atomic E-state index is 5.42. The van der Waals surface area contributed by atoms with Crippen LogP contribution in [0.2, 0.25) is 0 Å². The highest BCUT2D eigenvalue weighted by molar-refractivity contribution is 5.85. The molecule has 1 aliphatic rings. The van der Waals surface area contributed by atoms with Gasteiger partial charge in [-0.25, -0.2) is 0 Å². The van der Waals surface area contributed by atoms with Gasteiger partial charge in [-0.05, 0) is 45.4 Å². The number of nitrogens with zero attached hydrogens (tertiary/aromatic N) is 1. The van der Waals surface area contributed by atoms with Crippen molar-refractivity contribution in [3.05, 3.63) is 0 Å². The molecule has 1 fully saturated rings. The van der Waals surface area contributed by atoms with Gasteiger partial charge in [-0.2, -0.15) is 0 Å². The van der Waals surface area contributed by atoms with Crippen LogP contribution >= 0.6 is 12.4 Å². The van der Waals surface area contributed by atoms with Crippen LogP contribution in [0.25, 0.3) is 0 Å². The van der Waals surface area contributed by atoms with Gasteiger partial charge in [-0.15, -0.1) is 12.4 Å². The van der Waals surface area contributed by atoms with Gasteiger partial charge in [0, 0.05) is 0 Å². The summed E-state index contributed by atoms with van der Waals surface area (Å²) < 4.78 is 0. The number of likely N-dealkylation sites (tertiary alicyclic amines) is 1. The van der Waals surface area contributed by atoms with Crippen LogP contribution in [0.15, 0.2) is 0 Å². The highest BCUT2D eigenvalue weighted by atomic mass is 35.5. The molecule has 0 aromatic rings. The number of hydrogen-bond donors (Lipinski definition) is 1. The van der Waals surface area contributed by atoms with E-state index in [1.54, 1.807) is 0 Å². The molecule has 2 N–H and O–H groups in total. The smallest absolute Gasteiger partial charge is 0.000672 e. The van der Waals surface area contributed by atoms with Crippen LogP contribution in [0, 0.1) is 0 Å². The van der Waals surface area contributed by atoms with E-state index in [2.05, 4.69) is 4.90 Å². The Morgan fingerprint density at radius 2 is 1.73 bits per heavy atom. The molecule has 0 saturated carbocycles. The summed E-state index contributed by atoms with van der Waals surface area (Å²) >= 11 is 0. The first-order chi connectivity index (χ1) is 4.93. The Morgan fingerprint density at radius 3 is 2.27 bits per heavy atom. The molecule has 0 aliphatic carbocycles. The maximum Gasteiger partial charge on any atom is -0.000672 e. The van der Waals surface area contributed by atoms with Crippen LogP contribution < -0.4 is 5.73 Å². The first-order valence-electron chi connectivity index (χ1n) is 4.36. The van der Waals surface area contributed by atoms with Crippen LogP contribution in [0.5, 0.6) is 0 Å². The van der Waals surface area contributed by atoms with Crippen molar-refractivity contribution in [2.45, 2.75) is 25.7 Å². The normalized spacial score (nSPS) is 19.4. The Kier molecular flexibility index (Phi) is 7.02. The summed E-state index contributed by atoms with van der Waals surface area (Å²) in [5, 5.41) is 0. The summed E-state index contributed by atoms with van der Waals surface area (Å²) in [6, 6.07) is 0. The van der Waals surface area contributed by atoms with Crippen LogP contribution in [-0.4, -0.2) is 31.1 Å². The lowest BCUT2D eigenvalue weighted by atomic mass is 10.1. The maximum atomic E-state index is 5.42. The number of rotatable bonds is 3. The van der Waals surface area contributed by atoms with E-state index >= 15 is 0 Å². The van der Waals surface area contributed by atoms with E-state index in [0.29, 0.717) is 0 Å². The highest BCUT2D eigenvalue weighted by Gasteiger charge is 2.07. The lowest BCUT2D eigenvalue weighted by Crippen LogP contribution is -2.31. The highest BCUT2D eigenvalue weighted by Crippen LogP contribution is 2.07. The Hall–Kier alpha value is 0.210. The average Bonchev–Trinajstić information content (AvgIpc) is 2.03. The Bertz CT molecular complexity index is 82.2. The first kappa shape index (κ1) is 11.2. The lowest BCUT2D eigenvalue weighted by Gasteiger charge is -2.25. The predicted octanol–water partition coefficient (Wildman–Crippen LogP) is 1.24. The second-order valence-corrected chi connectivity index (χ2v) is 3.04. The second kappa shape index (κ2) is 6.89. The summed E-state index contributed by atoms with van der Waals surface area (Å²) in [4.78, 5) is 2.52. The third-order valence-corrected chi connectivity index (χ3v) is 2.13. The van der Waals surface area contributed by atoms with Gasteiger partial charge in [-0.3, -0.25) is 0 Å². The zero-order valence-corrected chi connectivity index (χ0v) is 7.91. The van der Waals surface area contributed by atoms with E-state index in [1.165, 1.54) is 45.3 Å². The van der Waals surface area contributed by atoms with Crippen molar-refractivity contribution in [3.63, 3.8) is 0 Å². The molecule has 0 aromatic carbocycles. The molecule has 0 spiro atoms. The Balaban J connectivity index is 0.000001000. The Morgan fingerprint density at radius 1 is 1.09 bits per heavy atom. The molecule has 1 aliphatic heterocycles. The molecule has 0 atom stereocenters. The number of hydrogen-bond acceptors (Lipinski definition) is 2. The van der Waals surface area contributed by atoms with Crippen molar-refractivity contribution in [1.82, 2.24) is 4.90 Å². The van der Waals surface area contributed by atoms with Crippen LogP contribution in [0.1, 0.15) is 25.7 Å². The van der Waals surface area contributed by atoms with Gasteiger partial charge >= 0.3 is 0 Å². The fourth-order valence-electron chi connectivity index (χ4n) is 1.50.